The molecule has 2 aromatic rings. The van der Waals surface area contributed by atoms with Gasteiger partial charge in [-0.2, -0.15) is 13.5 Å². The maximum absolute atomic E-state index is 12.2. The normalized spacial score (nSPS) is 10.5. The number of pyridine rings is 1. The van der Waals surface area contributed by atoms with Crippen molar-refractivity contribution < 1.29 is 27.8 Å². The predicted octanol–water partition coefficient (Wildman–Crippen LogP) is 2.43. The number of thioether (sulfide) groups is 1. The average molecular weight is 354 g/mol. The molecule has 0 bridgehead atoms. The number of hydrogen-bond donors (Lipinski definition) is 1. The van der Waals surface area contributed by atoms with Gasteiger partial charge in [-0.15, -0.1) is 0 Å². The van der Waals surface area contributed by atoms with Crippen LogP contribution in [-0.2, 0) is 9.53 Å². The molecule has 1 aromatic heterocycles. The summed E-state index contributed by atoms with van der Waals surface area (Å²) < 4.78 is 29.5. The molecule has 24 heavy (non-hydrogen) atoms. The average Bonchev–Trinajstić information content (AvgIpc) is 2.54. The molecule has 1 amide bonds. The third-order valence-corrected chi connectivity index (χ3v) is 3.45. The SMILES string of the molecule is O=C(COC(=O)c1cccc[n+]1[O-])Nc1ccc(SC(F)F)cc1. The van der Waals surface area contributed by atoms with Gasteiger partial charge < -0.3 is 15.3 Å². The molecule has 0 fully saturated rings. The Kier molecular flexibility index (Phi) is 6.07. The highest BCUT2D eigenvalue weighted by Gasteiger charge is 2.18. The van der Waals surface area contributed by atoms with Gasteiger partial charge in [0.1, 0.15) is 0 Å². The van der Waals surface area contributed by atoms with E-state index in [0.29, 0.717) is 27.1 Å². The summed E-state index contributed by atoms with van der Waals surface area (Å²) in [4.78, 5) is 23.7. The number of esters is 1. The van der Waals surface area contributed by atoms with E-state index in [9.17, 15) is 23.6 Å². The number of carbonyl (C=O) groups excluding carboxylic acids is 2. The fraction of sp³-hybridized carbons (Fsp3) is 0.133. The van der Waals surface area contributed by atoms with Gasteiger partial charge >= 0.3 is 11.7 Å². The van der Waals surface area contributed by atoms with Crippen molar-refractivity contribution in [1.29, 1.82) is 0 Å². The highest BCUT2D eigenvalue weighted by atomic mass is 32.2. The van der Waals surface area contributed by atoms with Gasteiger partial charge in [-0.05, 0) is 30.3 Å². The van der Waals surface area contributed by atoms with E-state index in [-0.39, 0.29) is 5.69 Å². The molecular formula is C15H12F2N2O4S. The maximum atomic E-state index is 12.2. The van der Waals surface area contributed by atoms with Gasteiger partial charge in [0, 0.05) is 22.7 Å². The van der Waals surface area contributed by atoms with Crippen molar-refractivity contribution in [3.05, 3.63) is 59.6 Å². The quantitative estimate of drug-likeness (QED) is 0.373. The van der Waals surface area contributed by atoms with Gasteiger partial charge in [-0.1, -0.05) is 11.8 Å². The molecule has 1 heterocycles. The van der Waals surface area contributed by atoms with Gasteiger partial charge in [0.05, 0.1) is 0 Å². The number of nitrogens with zero attached hydrogens (tertiary/aromatic N) is 1. The summed E-state index contributed by atoms with van der Waals surface area (Å²) in [6.07, 6.45) is 1.13. The third-order valence-electron chi connectivity index (χ3n) is 2.73. The minimum Gasteiger partial charge on any atom is -0.618 e. The highest BCUT2D eigenvalue weighted by Crippen LogP contribution is 2.26. The van der Waals surface area contributed by atoms with Gasteiger partial charge in [-0.25, -0.2) is 4.79 Å². The molecule has 1 aromatic carbocycles. The summed E-state index contributed by atoms with van der Waals surface area (Å²) >= 11 is 0.392. The molecule has 0 unspecified atom stereocenters. The molecule has 0 aliphatic rings. The number of benzene rings is 1. The number of alkyl halides is 2. The van der Waals surface area contributed by atoms with Crippen molar-refractivity contribution in [2.75, 3.05) is 11.9 Å². The second-order valence-electron chi connectivity index (χ2n) is 4.44. The summed E-state index contributed by atoms with van der Waals surface area (Å²) in [6, 6.07) is 9.98. The van der Waals surface area contributed by atoms with Gasteiger partial charge in [0.2, 0.25) is 0 Å². The lowest BCUT2D eigenvalue weighted by Crippen LogP contribution is -2.35. The lowest BCUT2D eigenvalue weighted by molar-refractivity contribution is -0.608. The summed E-state index contributed by atoms with van der Waals surface area (Å²) in [5.41, 5.74) is 0.131. The molecule has 0 spiro atoms. The molecule has 0 aliphatic heterocycles. The van der Waals surface area contributed by atoms with E-state index in [1.54, 1.807) is 0 Å². The van der Waals surface area contributed by atoms with Crippen LogP contribution in [0.1, 0.15) is 10.5 Å². The summed E-state index contributed by atoms with van der Waals surface area (Å²) in [7, 11) is 0. The predicted molar refractivity (Wildman–Crippen MR) is 82.6 cm³/mol. The molecule has 0 aliphatic carbocycles. The number of halogens is 2. The van der Waals surface area contributed by atoms with Crippen LogP contribution in [-0.4, -0.2) is 24.2 Å². The van der Waals surface area contributed by atoms with E-state index in [4.69, 9.17) is 4.74 Å². The molecular weight excluding hydrogens is 342 g/mol. The molecule has 0 radical (unpaired) electrons. The summed E-state index contributed by atoms with van der Waals surface area (Å²) in [5.74, 6) is -4.07. The Labute approximate surface area is 140 Å². The number of amides is 1. The van der Waals surface area contributed by atoms with Crippen LogP contribution in [0, 0.1) is 5.21 Å². The van der Waals surface area contributed by atoms with Crippen LogP contribution >= 0.6 is 11.8 Å². The molecule has 0 atom stereocenters. The zero-order valence-corrected chi connectivity index (χ0v) is 13.0. The van der Waals surface area contributed by atoms with Crippen LogP contribution in [0.15, 0.2) is 53.6 Å². The number of ether oxygens (including phenoxy) is 1. The van der Waals surface area contributed by atoms with E-state index in [2.05, 4.69) is 5.32 Å². The first-order valence-corrected chi connectivity index (χ1v) is 7.53. The van der Waals surface area contributed by atoms with Gasteiger partial charge in [0.25, 0.3) is 11.7 Å². The van der Waals surface area contributed by atoms with E-state index in [1.165, 1.54) is 42.5 Å². The molecule has 1 N–H and O–H groups in total. The summed E-state index contributed by atoms with van der Waals surface area (Å²) in [5, 5.41) is 13.8. The van der Waals surface area contributed by atoms with E-state index >= 15 is 0 Å². The zero-order chi connectivity index (χ0) is 17.5. The van der Waals surface area contributed by atoms with E-state index in [0.717, 1.165) is 6.20 Å². The second-order valence-corrected chi connectivity index (χ2v) is 5.50. The fourth-order valence-electron chi connectivity index (χ4n) is 1.71. The van der Waals surface area contributed by atoms with Crippen LogP contribution < -0.4 is 10.0 Å². The van der Waals surface area contributed by atoms with Crippen LogP contribution in [0.4, 0.5) is 14.5 Å². The lowest BCUT2D eigenvalue weighted by Gasteiger charge is -2.07. The summed E-state index contributed by atoms with van der Waals surface area (Å²) in [6.45, 7) is -0.582. The lowest BCUT2D eigenvalue weighted by atomic mass is 10.3. The number of nitrogens with one attached hydrogen (secondary N) is 1. The Hall–Kier alpha value is -2.68. The number of rotatable bonds is 6. The van der Waals surface area contributed by atoms with Crippen LogP contribution in [0.5, 0.6) is 0 Å². The fourth-order valence-corrected chi connectivity index (χ4v) is 2.21. The topological polar surface area (TPSA) is 82.3 Å². The van der Waals surface area contributed by atoms with E-state index < -0.39 is 24.2 Å². The number of hydrogen-bond acceptors (Lipinski definition) is 5. The third kappa shape index (κ3) is 5.20. The molecule has 6 nitrogen and oxygen atoms in total. The second kappa shape index (κ2) is 8.25. The first-order valence-electron chi connectivity index (χ1n) is 6.66. The first-order chi connectivity index (χ1) is 11.5. The standard InChI is InChI=1S/C15H12F2N2O4S/c16-15(17)24-11-6-4-10(5-7-11)18-13(20)9-23-14(21)12-3-1-2-8-19(12)22/h1-8,15H,9H2,(H,18,20). The Morgan fingerprint density at radius 2 is 1.92 bits per heavy atom. The van der Waals surface area contributed by atoms with Crippen LogP contribution in [0.3, 0.4) is 0 Å². The molecule has 0 saturated heterocycles. The minimum atomic E-state index is -2.52. The van der Waals surface area contributed by atoms with Gasteiger partial charge in [0.15, 0.2) is 12.8 Å². The van der Waals surface area contributed by atoms with Crippen molar-refractivity contribution in [2.24, 2.45) is 0 Å². The number of anilines is 1. The van der Waals surface area contributed by atoms with Crippen molar-refractivity contribution in [1.82, 2.24) is 0 Å². The van der Waals surface area contributed by atoms with Crippen molar-refractivity contribution in [2.45, 2.75) is 10.7 Å². The van der Waals surface area contributed by atoms with Crippen LogP contribution in [0.2, 0.25) is 0 Å². The number of aromatic nitrogens is 1. The largest absolute Gasteiger partial charge is 0.618 e. The van der Waals surface area contributed by atoms with Crippen molar-refractivity contribution >= 4 is 29.3 Å². The van der Waals surface area contributed by atoms with Gasteiger partial charge in [-0.3, -0.25) is 4.79 Å². The van der Waals surface area contributed by atoms with Crippen molar-refractivity contribution in [3.63, 3.8) is 0 Å². The number of carbonyl (C=O) groups is 2. The molecule has 126 valence electrons. The Bertz CT molecular complexity index is 726. The maximum Gasteiger partial charge on any atom is 0.405 e. The first kappa shape index (κ1) is 17.7. The molecule has 2 rings (SSSR count). The minimum absolute atomic E-state index is 0.237. The smallest absolute Gasteiger partial charge is 0.405 e. The van der Waals surface area contributed by atoms with E-state index in [1.807, 2.05) is 0 Å². The molecule has 0 saturated carbocycles. The molecule has 9 heteroatoms. The highest BCUT2D eigenvalue weighted by molar-refractivity contribution is 7.99. The monoisotopic (exact) mass is 354 g/mol. The van der Waals surface area contributed by atoms with Crippen molar-refractivity contribution in [3.8, 4) is 0 Å². The zero-order valence-electron chi connectivity index (χ0n) is 12.1. The Balaban J connectivity index is 1.85. The Morgan fingerprint density at radius 1 is 1.21 bits per heavy atom. The Morgan fingerprint density at radius 3 is 2.54 bits per heavy atom. The van der Waals surface area contributed by atoms with Crippen LogP contribution in [0.25, 0.3) is 0 Å².